The van der Waals surface area contributed by atoms with Crippen LogP contribution < -0.4 is 10.6 Å². The van der Waals surface area contributed by atoms with Crippen LogP contribution in [0.5, 0.6) is 5.75 Å². The number of esters is 1. The van der Waals surface area contributed by atoms with Crippen molar-refractivity contribution >= 4 is 18.0 Å². The molecule has 3 aliphatic rings. The third-order valence-electron chi connectivity index (χ3n) is 8.70. The quantitative estimate of drug-likeness (QED) is 0.393. The Balaban J connectivity index is 1.30. The molecular formula is C31H35F3N4O6. The van der Waals surface area contributed by atoms with Crippen molar-refractivity contribution in [1.82, 2.24) is 20.4 Å². The van der Waals surface area contributed by atoms with Crippen LogP contribution >= 0.6 is 0 Å². The van der Waals surface area contributed by atoms with E-state index < -0.39 is 41.5 Å². The number of urea groups is 2. The molecule has 2 atom stereocenters. The van der Waals surface area contributed by atoms with Crippen LogP contribution in [-0.2, 0) is 14.3 Å². The van der Waals surface area contributed by atoms with Gasteiger partial charge >= 0.3 is 18.0 Å². The van der Waals surface area contributed by atoms with Crippen LogP contribution in [0.25, 0.3) is 0 Å². The summed E-state index contributed by atoms with van der Waals surface area (Å²) in [7, 11) is 2.48. The van der Waals surface area contributed by atoms with Gasteiger partial charge in [0, 0.05) is 38.3 Å². The Bertz CT molecular complexity index is 1460. The fourth-order valence-electron chi connectivity index (χ4n) is 6.57. The number of carbonyl (C=O) groups excluding carboxylic acids is 3. The smallest absolute Gasteiger partial charge is 0.338 e. The minimum Gasteiger partial charge on any atom is -0.508 e. The number of methoxy groups -OCH3 is 2. The highest BCUT2D eigenvalue weighted by molar-refractivity contribution is 6.01. The average Bonchev–Trinajstić information content (AvgIpc) is 3.46. The SMILES string of the molecule is COCC1=C(C(=O)OC)C(c2ccc(F)c(F)c2)N(C(=O)NC2CCN(C3CCC(c4ccc(F)cc4O)CC3)C2)C(=O)N1. The van der Waals surface area contributed by atoms with E-state index in [1.165, 1.54) is 19.2 Å². The van der Waals surface area contributed by atoms with Crippen molar-refractivity contribution in [3.05, 3.63) is 76.2 Å². The van der Waals surface area contributed by atoms with E-state index in [0.717, 1.165) is 61.5 Å². The molecule has 2 aromatic carbocycles. The van der Waals surface area contributed by atoms with Crippen molar-refractivity contribution < 1.29 is 42.1 Å². The molecule has 1 saturated heterocycles. The first-order valence-electron chi connectivity index (χ1n) is 14.5. The Morgan fingerprint density at radius 2 is 1.77 bits per heavy atom. The number of halogens is 3. The molecular weight excluding hydrogens is 581 g/mol. The Hall–Kier alpha value is -4.10. The number of hydrogen-bond acceptors (Lipinski definition) is 7. The van der Waals surface area contributed by atoms with Crippen LogP contribution in [0.1, 0.15) is 55.2 Å². The molecule has 3 N–H and O–H groups in total. The Morgan fingerprint density at radius 3 is 2.43 bits per heavy atom. The number of nitrogens with zero attached hydrogens (tertiary/aromatic N) is 2. The fourth-order valence-corrected chi connectivity index (χ4v) is 6.57. The number of likely N-dealkylation sites (tertiary alicyclic amines) is 1. The monoisotopic (exact) mass is 616 g/mol. The van der Waals surface area contributed by atoms with E-state index in [4.69, 9.17) is 9.47 Å². The van der Waals surface area contributed by atoms with Crippen LogP contribution in [0, 0.1) is 17.5 Å². The Kier molecular flexibility index (Phi) is 9.45. The summed E-state index contributed by atoms with van der Waals surface area (Å²) in [5, 5.41) is 15.6. The third-order valence-corrected chi connectivity index (χ3v) is 8.70. The summed E-state index contributed by atoms with van der Waals surface area (Å²) in [5.74, 6) is -3.57. The summed E-state index contributed by atoms with van der Waals surface area (Å²) in [6.45, 7) is 1.04. The van der Waals surface area contributed by atoms with Crippen LogP contribution in [-0.4, -0.2) is 78.9 Å². The summed E-state index contributed by atoms with van der Waals surface area (Å²) in [5.41, 5.74) is 0.646. The molecule has 1 aliphatic carbocycles. The van der Waals surface area contributed by atoms with Crippen LogP contribution in [0.15, 0.2) is 47.7 Å². The highest BCUT2D eigenvalue weighted by atomic mass is 19.2. The zero-order chi connectivity index (χ0) is 31.5. The van der Waals surface area contributed by atoms with Gasteiger partial charge < -0.3 is 25.2 Å². The molecule has 0 bridgehead atoms. The van der Waals surface area contributed by atoms with Gasteiger partial charge in [0.25, 0.3) is 0 Å². The van der Waals surface area contributed by atoms with E-state index in [0.29, 0.717) is 19.5 Å². The van der Waals surface area contributed by atoms with Gasteiger partial charge in [0.05, 0.1) is 25.0 Å². The summed E-state index contributed by atoms with van der Waals surface area (Å²) >= 11 is 0. The molecule has 236 valence electrons. The molecule has 10 nitrogen and oxygen atoms in total. The fraction of sp³-hybridized carbons (Fsp3) is 0.452. The lowest BCUT2D eigenvalue weighted by Crippen LogP contribution is -2.56. The summed E-state index contributed by atoms with van der Waals surface area (Å²) < 4.78 is 51.6. The second-order valence-corrected chi connectivity index (χ2v) is 11.3. The molecule has 13 heteroatoms. The van der Waals surface area contributed by atoms with Crippen molar-refractivity contribution in [3.63, 3.8) is 0 Å². The number of ether oxygens (including phenoxy) is 2. The predicted octanol–water partition coefficient (Wildman–Crippen LogP) is 4.46. The van der Waals surface area contributed by atoms with Crippen LogP contribution in [0.2, 0.25) is 0 Å². The van der Waals surface area contributed by atoms with Crippen molar-refractivity contribution in [2.24, 2.45) is 0 Å². The van der Waals surface area contributed by atoms with E-state index in [1.54, 1.807) is 6.07 Å². The molecule has 2 aromatic rings. The number of hydrogen-bond donors (Lipinski definition) is 3. The van der Waals surface area contributed by atoms with Gasteiger partial charge in [-0.25, -0.2) is 32.5 Å². The lowest BCUT2D eigenvalue weighted by Gasteiger charge is -2.37. The van der Waals surface area contributed by atoms with Crippen molar-refractivity contribution in [2.45, 2.75) is 56.1 Å². The molecule has 0 spiro atoms. The zero-order valence-corrected chi connectivity index (χ0v) is 24.4. The first-order valence-corrected chi connectivity index (χ1v) is 14.5. The minimum atomic E-state index is -1.41. The number of rotatable bonds is 7. The summed E-state index contributed by atoms with van der Waals surface area (Å²) in [6.07, 6.45) is 4.00. The average molecular weight is 617 g/mol. The maximum Gasteiger partial charge on any atom is 0.338 e. The third kappa shape index (κ3) is 6.39. The van der Waals surface area contributed by atoms with Crippen molar-refractivity contribution in [1.29, 1.82) is 0 Å². The van der Waals surface area contributed by atoms with Gasteiger partial charge in [-0.1, -0.05) is 12.1 Å². The molecule has 4 amide bonds. The van der Waals surface area contributed by atoms with E-state index in [1.807, 2.05) is 0 Å². The standard InChI is InChI=1S/C31H35F3N4O6/c1-43-16-25-27(29(40)44-2)28(18-5-10-23(33)24(34)13-18)38(31(42)36-25)30(41)35-20-11-12-37(15-20)21-7-3-17(4-8-21)22-9-6-19(32)14-26(22)39/h5-6,9-10,13-14,17,20-21,28,39H,3-4,7-8,11-12,15-16H2,1-2H3,(H,35,41)(H,36,42). The van der Waals surface area contributed by atoms with Gasteiger partial charge in [-0.15, -0.1) is 0 Å². The molecule has 0 radical (unpaired) electrons. The summed E-state index contributed by atoms with van der Waals surface area (Å²) in [4.78, 5) is 42.9. The van der Waals surface area contributed by atoms with Crippen LogP contribution in [0.4, 0.5) is 22.8 Å². The first-order chi connectivity index (χ1) is 21.1. The topological polar surface area (TPSA) is 120 Å². The molecule has 2 unspecified atom stereocenters. The number of carbonyl (C=O) groups is 3. The lowest BCUT2D eigenvalue weighted by atomic mass is 9.81. The van der Waals surface area contributed by atoms with E-state index >= 15 is 0 Å². The van der Waals surface area contributed by atoms with Gasteiger partial charge in [0.1, 0.15) is 17.6 Å². The molecule has 0 aromatic heterocycles. The number of imide groups is 1. The first kappa shape index (κ1) is 31.3. The second-order valence-electron chi connectivity index (χ2n) is 11.3. The number of nitrogens with one attached hydrogen (secondary N) is 2. The van der Waals surface area contributed by atoms with Gasteiger partial charge in [-0.05, 0) is 67.3 Å². The van der Waals surface area contributed by atoms with Gasteiger partial charge in [0.2, 0.25) is 0 Å². The molecule has 2 aliphatic heterocycles. The Labute approximate surface area is 252 Å². The second kappa shape index (κ2) is 13.3. The molecule has 5 rings (SSSR count). The predicted molar refractivity (Wildman–Crippen MR) is 152 cm³/mol. The molecule has 1 saturated carbocycles. The zero-order valence-electron chi connectivity index (χ0n) is 24.4. The number of phenolic OH excluding ortho intramolecular Hbond substituents is 1. The molecule has 2 heterocycles. The van der Waals surface area contributed by atoms with Gasteiger partial charge in [0.15, 0.2) is 11.6 Å². The van der Waals surface area contributed by atoms with E-state index in [2.05, 4.69) is 15.5 Å². The van der Waals surface area contributed by atoms with Gasteiger partial charge in [-0.3, -0.25) is 4.90 Å². The number of aromatic hydroxyl groups is 1. The van der Waals surface area contributed by atoms with Crippen LogP contribution in [0.3, 0.4) is 0 Å². The van der Waals surface area contributed by atoms with E-state index in [-0.39, 0.29) is 47.2 Å². The maximum absolute atomic E-state index is 14.3. The highest BCUT2D eigenvalue weighted by Gasteiger charge is 2.44. The number of benzene rings is 2. The minimum absolute atomic E-state index is 0.0000902. The van der Waals surface area contributed by atoms with E-state index in [9.17, 15) is 32.7 Å². The number of phenols is 1. The Morgan fingerprint density at radius 1 is 1.02 bits per heavy atom. The van der Waals surface area contributed by atoms with Crippen molar-refractivity contribution in [3.8, 4) is 5.75 Å². The lowest BCUT2D eigenvalue weighted by molar-refractivity contribution is -0.137. The molecule has 2 fully saturated rings. The largest absolute Gasteiger partial charge is 0.508 e. The normalized spacial score (nSPS) is 24.3. The number of amides is 4. The summed E-state index contributed by atoms with van der Waals surface area (Å²) in [6, 6.07) is 3.90. The van der Waals surface area contributed by atoms with Gasteiger partial charge in [-0.2, -0.15) is 0 Å². The maximum atomic E-state index is 14.3. The highest BCUT2D eigenvalue weighted by Crippen LogP contribution is 2.40. The van der Waals surface area contributed by atoms with Crippen molar-refractivity contribution in [2.75, 3.05) is 33.9 Å². The molecule has 44 heavy (non-hydrogen) atoms.